The number of hydrogen-bond donors (Lipinski definition) is 2. The normalized spacial score (nSPS) is 21.9. The van der Waals surface area contributed by atoms with Gasteiger partial charge in [0, 0.05) is 49.5 Å². The molecule has 5 rings (SSSR count). The van der Waals surface area contributed by atoms with Gasteiger partial charge in [-0.25, -0.2) is 13.8 Å². The Morgan fingerprint density at radius 2 is 2.18 bits per heavy atom. The molecule has 2 N–H and O–H groups in total. The SMILES string of the molecule is CC(C)(F)C1COc2cc(F)cc(C(C(=O)O)N3CC[C@@H](OCCCCc4ccc5c(n4)NCCC5)C3)c2C1. The second-order valence-electron chi connectivity index (χ2n) is 11.6. The van der Waals surface area contributed by atoms with Gasteiger partial charge in [0.2, 0.25) is 0 Å². The number of rotatable bonds is 10. The number of ether oxygens (including phenoxy) is 2. The number of carbonyl (C=O) groups is 1. The first-order chi connectivity index (χ1) is 18.7. The fourth-order valence-corrected chi connectivity index (χ4v) is 5.94. The highest BCUT2D eigenvalue weighted by Crippen LogP contribution is 2.40. The number of fused-ring (bicyclic) bond motifs is 2. The minimum atomic E-state index is -1.50. The van der Waals surface area contributed by atoms with Crippen LogP contribution >= 0.6 is 0 Å². The van der Waals surface area contributed by atoms with Crippen molar-refractivity contribution < 1.29 is 28.2 Å². The summed E-state index contributed by atoms with van der Waals surface area (Å²) < 4.78 is 41.1. The van der Waals surface area contributed by atoms with Crippen LogP contribution < -0.4 is 10.1 Å². The van der Waals surface area contributed by atoms with Crippen LogP contribution in [0.25, 0.3) is 0 Å². The van der Waals surface area contributed by atoms with Crippen molar-refractivity contribution in [1.29, 1.82) is 0 Å². The number of carboxylic acids is 1. The van der Waals surface area contributed by atoms with Crippen molar-refractivity contribution in [3.8, 4) is 5.75 Å². The molecule has 3 atom stereocenters. The van der Waals surface area contributed by atoms with E-state index in [0.717, 1.165) is 50.2 Å². The lowest BCUT2D eigenvalue weighted by atomic mass is 9.82. The first-order valence-corrected chi connectivity index (χ1v) is 14.1. The molecule has 2 aromatic rings. The highest BCUT2D eigenvalue weighted by molar-refractivity contribution is 5.77. The predicted molar refractivity (Wildman–Crippen MR) is 145 cm³/mol. The lowest BCUT2D eigenvalue weighted by Gasteiger charge is -2.35. The Labute approximate surface area is 228 Å². The topological polar surface area (TPSA) is 83.9 Å². The Morgan fingerprint density at radius 1 is 1.33 bits per heavy atom. The molecule has 0 aliphatic carbocycles. The summed E-state index contributed by atoms with van der Waals surface area (Å²) >= 11 is 0. The number of halogens is 2. The zero-order chi connectivity index (χ0) is 27.6. The molecule has 1 aromatic carbocycles. The van der Waals surface area contributed by atoms with Crippen molar-refractivity contribution in [3.05, 3.63) is 52.5 Å². The monoisotopic (exact) mass is 543 g/mol. The third-order valence-electron chi connectivity index (χ3n) is 8.27. The second kappa shape index (κ2) is 11.8. The van der Waals surface area contributed by atoms with E-state index in [1.165, 1.54) is 31.5 Å². The zero-order valence-corrected chi connectivity index (χ0v) is 22.8. The number of unbranched alkanes of at least 4 members (excludes halogenated alkanes) is 1. The third-order valence-corrected chi connectivity index (χ3v) is 8.27. The van der Waals surface area contributed by atoms with E-state index in [-0.39, 0.29) is 12.7 Å². The molecule has 1 fully saturated rings. The molecule has 39 heavy (non-hydrogen) atoms. The Kier molecular flexibility index (Phi) is 8.38. The van der Waals surface area contributed by atoms with Crippen molar-refractivity contribution >= 4 is 11.8 Å². The third kappa shape index (κ3) is 6.52. The van der Waals surface area contributed by atoms with Crippen molar-refractivity contribution in [3.63, 3.8) is 0 Å². The van der Waals surface area contributed by atoms with Gasteiger partial charge in [0.25, 0.3) is 0 Å². The van der Waals surface area contributed by atoms with Crippen molar-refractivity contribution in [2.45, 2.75) is 76.6 Å². The zero-order valence-electron chi connectivity index (χ0n) is 22.8. The summed E-state index contributed by atoms with van der Waals surface area (Å²) in [5, 5.41) is 13.6. The summed E-state index contributed by atoms with van der Waals surface area (Å²) in [5.41, 5.74) is 1.80. The van der Waals surface area contributed by atoms with Crippen molar-refractivity contribution in [2.75, 3.05) is 38.2 Å². The van der Waals surface area contributed by atoms with E-state index < -0.39 is 29.4 Å². The van der Waals surface area contributed by atoms with Crippen molar-refractivity contribution in [2.24, 2.45) is 5.92 Å². The molecule has 9 heteroatoms. The van der Waals surface area contributed by atoms with Gasteiger partial charge in [-0.15, -0.1) is 0 Å². The van der Waals surface area contributed by atoms with Gasteiger partial charge in [0.05, 0.1) is 12.7 Å². The average molecular weight is 544 g/mol. The van der Waals surface area contributed by atoms with E-state index in [1.54, 1.807) is 0 Å². The molecular weight excluding hydrogens is 504 g/mol. The summed E-state index contributed by atoms with van der Waals surface area (Å²) in [6.45, 7) is 5.66. The minimum absolute atomic E-state index is 0.0870. The predicted octanol–water partition coefficient (Wildman–Crippen LogP) is 5.12. The molecule has 0 spiro atoms. The van der Waals surface area contributed by atoms with E-state index in [2.05, 4.69) is 17.4 Å². The van der Waals surface area contributed by atoms with Crippen LogP contribution in [0.15, 0.2) is 24.3 Å². The molecular formula is C30H39F2N3O4. The lowest BCUT2D eigenvalue weighted by Crippen LogP contribution is -2.38. The van der Waals surface area contributed by atoms with E-state index >= 15 is 0 Å². The Balaban J connectivity index is 1.16. The quantitative estimate of drug-likeness (QED) is 0.403. The lowest BCUT2D eigenvalue weighted by molar-refractivity contribution is -0.143. The molecule has 212 valence electrons. The summed E-state index contributed by atoms with van der Waals surface area (Å²) in [4.78, 5) is 19.0. The number of alkyl halides is 1. The molecule has 0 amide bonds. The first-order valence-electron chi connectivity index (χ1n) is 14.1. The van der Waals surface area contributed by atoms with Gasteiger partial charge >= 0.3 is 5.97 Å². The Bertz CT molecular complexity index is 1190. The highest BCUT2D eigenvalue weighted by Gasteiger charge is 2.40. The van der Waals surface area contributed by atoms with E-state index in [4.69, 9.17) is 14.5 Å². The number of nitrogens with one attached hydrogen (secondary N) is 1. The van der Waals surface area contributed by atoms with Crippen LogP contribution in [0.2, 0.25) is 0 Å². The molecule has 3 aliphatic heterocycles. The number of aliphatic carboxylic acids is 1. The maximum atomic E-state index is 14.7. The molecule has 7 nitrogen and oxygen atoms in total. The fraction of sp³-hybridized carbons (Fsp3) is 0.600. The number of anilines is 1. The highest BCUT2D eigenvalue weighted by atomic mass is 19.1. The number of nitrogens with zero attached hydrogens (tertiary/aromatic N) is 2. The first kappa shape index (κ1) is 27.8. The number of pyridine rings is 1. The summed E-state index contributed by atoms with van der Waals surface area (Å²) in [5.74, 6) is -0.718. The standard InChI is InChI=1S/C30H39F2N3O4/c1-30(2,32)20-14-24-25(15-21(31)16-26(24)39-18-20)27(29(36)37)35-12-10-23(17-35)38-13-4-3-7-22-9-8-19-6-5-11-33-28(19)34-22/h8-9,15-16,20,23,27H,3-7,10-14,17-18H2,1-2H3,(H,33,34)(H,36,37)/t20?,23-,27?/m1/s1. The maximum absolute atomic E-state index is 14.7. The molecule has 3 aliphatic rings. The smallest absolute Gasteiger partial charge is 0.325 e. The van der Waals surface area contributed by atoms with Gasteiger partial charge in [-0.05, 0) is 82.1 Å². The largest absolute Gasteiger partial charge is 0.493 e. The molecule has 2 unspecified atom stereocenters. The summed E-state index contributed by atoms with van der Waals surface area (Å²) in [7, 11) is 0. The van der Waals surface area contributed by atoms with Crippen LogP contribution in [0.5, 0.6) is 5.75 Å². The molecule has 0 bridgehead atoms. The molecule has 0 radical (unpaired) electrons. The van der Waals surface area contributed by atoms with Gasteiger partial charge in [-0.2, -0.15) is 0 Å². The Hall–Kier alpha value is -2.78. The number of aryl methyl sites for hydroxylation is 2. The van der Waals surface area contributed by atoms with Gasteiger partial charge in [-0.3, -0.25) is 9.69 Å². The van der Waals surface area contributed by atoms with Gasteiger partial charge < -0.3 is 19.9 Å². The number of likely N-dealkylation sites (tertiary alicyclic amines) is 1. The van der Waals surface area contributed by atoms with E-state index in [1.807, 2.05) is 4.90 Å². The average Bonchev–Trinajstić information content (AvgIpc) is 3.35. The maximum Gasteiger partial charge on any atom is 0.325 e. The van der Waals surface area contributed by atoms with Crippen molar-refractivity contribution in [1.82, 2.24) is 9.88 Å². The van der Waals surface area contributed by atoms with Crippen LogP contribution in [0.3, 0.4) is 0 Å². The fourth-order valence-electron chi connectivity index (χ4n) is 5.94. The number of aromatic nitrogens is 1. The summed E-state index contributed by atoms with van der Waals surface area (Å²) in [6, 6.07) is 5.78. The number of carboxylic acid groups (broad SMARTS) is 1. The molecule has 1 saturated heterocycles. The van der Waals surface area contributed by atoms with Gasteiger partial charge in [0.1, 0.15) is 29.1 Å². The molecule has 1 aromatic heterocycles. The van der Waals surface area contributed by atoms with Gasteiger partial charge in [0.15, 0.2) is 0 Å². The van der Waals surface area contributed by atoms with E-state index in [9.17, 15) is 18.7 Å². The number of hydrogen-bond acceptors (Lipinski definition) is 6. The van der Waals surface area contributed by atoms with Crippen LogP contribution in [0.1, 0.15) is 68.0 Å². The van der Waals surface area contributed by atoms with Crippen LogP contribution in [-0.2, 0) is 28.8 Å². The number of benzene rings is 1. The molecule has 4 heterocycles. The summed E-state index contributed by atoms with van der Waals surface area (Å²) in [6.07, 6.45) is 5.89. The Morgan fingerprint density at radius 3 is 2.97 bits per heavy atom. The van der Waals surface area contributed by atoms with E-state index in [0.29, 0.717) is 49.4 Å². The van der Waals surface area contributed by atoms with Crippen LogP contribution in [0, 0.1) is 11.7 Å². The minimum Gasteiger partial charge on any atom is -0.493 e. The second-order valence-corrected chi connectivity index (χ2v) is 11.6. The van der Waals surface area contributed by atoms with Crippen LogP contribution in [-0.4, -0.2) is 65.6 Å². The molecule has 0 saturated carbocycles. The van der Waals surface area contributed by atoms with Gasteiger partial charge in [-0.1, -0.05) is 6.07 Å². The van der Waals surface area contributed by atoms with Crippen LogP contribution in [0.4, 0.5) is 14.6 Å².